The molecule has 0 bridgehead atoms. The smallest absolute Gasteiger partial charge is 0.330 e. The maximum Gasteiger partial charge on any atom is 0.330 e. The minimum absolute atomic E-state index is 0.137. The topological polar surface area (TPSA) is 43.4 Å². The Bertz CT molecular complexity index is 231. The number of hydrogen-bond donors (Lipinski definition) is 0. The number of allylic oxidation sites excluding steroid dienone is 1. The van der Waals surface area contributed by atoms with Crippen molar-refractivity contribution < 1.29 is 14.3 Å². The molecule has 3 nitrogen and oxygen atoms in total. The Morgan fingerprint density at radius 3 is 2.56 bits per heavy atom. The molecule has 0 spiro atoms. The summed E-state index contributed by atoms with van der Waals surface area (Å²) in [6.07, 6.45) is 8.60. The second kappa shape index (κ2) is 10.4. The van der Waals surface area contributed by atoms with E-state index in [1.54, 1.807) is 13.0 Å². The van der Waals surface area contributed by atoms with Crippen LogP contribution in [0.3, 0.4) is 0 Å². The number of carbonyl (C=O) groups is 2. The Hall–Kier alpha value is -1.12. The molecule has 0 aromatic rings. The maximum absolute atomic E-state index is 11.1. The van der Waals surface area contributed by atoms with Crippen molar-refractivity contribution in [2.75, 3.05) is 6.61 Å². The lowest BCUT2D eigenvalue weighted by Gasteiger charge is -2.00. The number of hydrogen-bond acceptors (Lipinski definition) is 3. The molecule has 0 heterocycles. The van der Waals surface area contributed by atoms with Crippen LogP contribution in [-0.2, 0) is 14.3 Å². The van der Waals surface area contributed by atoms with Crippen molar-refractivity contribution in [3.05, 3.63) is 12.2 Å². The van der Waals surface area contributed by atoms with E-state index in [2.05, 4.69) is 6.92 Å². The zero-order valence-corrected chi connectivity index (χ0v) is 10.3. The molecule has 0 atom stereocenters. The molecule has 0 aromatic carbocycles. The largest absolute Gasteiger partial charge is 0.463 e. The van der Waals surface area contributed by atoms with Gasteiger partial charge in [0.25, 0.3) is 0 Å². The molecule has 0 radical (unpaired) electrons. The van der Waals surface area contributed by atoms with Crippen LogP contribution in [0.25, 0.3) is 0 Å². The van der Waals surface area contributed by atoms with E-state index in [-0.39, 0.29) is 11.8 Å². The molecule has 0 aliphatic heterocycles. The number of Topliss-reactive ketones (excluding diaryl/α,β-unsaturated/α-hetero) is 1. The van der Waals surface area contributed by atoms with Crippen molar-refractivity contribution in [2.45, 2.75) is 52.4 Å². The zero-order valence-electron chi connectivity index (χ0n) is 10.3. The van der Waals surface area contributed by atoms with Crippen LogP contribution in [0.15, 0.2) is 12.2 Å². The first-order valence-electron chi connectivity index (χ1n) is 5.99. The number of unbranched alkanes of at least 4 members (excludes halogenated alkanes) is 3. The van der Waals surface area contributed by atoms with E-state index < -0.39 is 0 Å². The first-order chi connectivity index (χ1) is 7.66. The molecule has 0 fully saturated rings. The third-order valence-electron chi connectivity index (χ3n) is 2.16. The third kappa shape index (κ3) is 11.0. The van der Waals surface area contributed by atoms with Crippen LogP contribution in [0.1, 0.15) is 52.4 Å². The van der Waals surface area contributed by atoms with Gasteiger partial charge < -0.3 is 9.53 Å². The minimum atomic E-state index is -0.306. The first kappa shape index (κ1) is 14.9. The van der Waals surface area contributed by atoms with Crippen LogP contribution >= 0.6 is 0 Å². The predicted molar refractivity (Wildman–Crippen MR) is 64.2 cm³/mol. The highest BCUT2D eigenvalue weighted by atomic mass is 16.5. The fraction of sp³-hybridized carbons (Fsp3) is 0.692. The van der Waals surface area contributed by atoms with Crippen LogP contribution < -0.4 is 0 Å². The van der Waals surface area contributed by atoms with Crippen LogP contribution in [0, 0.1) is 0 Å². The minimum Gasteiger partial charge on any atom is -0.463 e. The lowest BCUT2D eigenvalue weighted by molar-refractivity contribution is -0.137. The second-order valence-corrected chi connectivity index (χ2v) is 3.87. The van der Waals surface area contributed by atoms with Gasteiger partial charge in [0.2, 0.25) is 0 Å². The molecule has 0 N–H and O–H groups in total. The summed E-state index contributed by atoms with van der Waals surface area (Å²) in [5, 5.41) is 0. The van der Waals surface area contributed by atoms with E-state index in [0.717, 1.165) is 12.8 Å². The highest BCUT2D eigenvalue weighted by molar-refractivity contribution is 5.82. The summed E-state index contributed by atoms with van der Waals surface area (Å²) in [5.74, 6) is -0.169. The van der Waals surface area contributed by atoms with E-state index in [4.69, 9.17) is 4.74 Å². The van der Waals surface area contributed by atoms with Crippen LogP contribution in [0.4, 0.5) is 0 Å². The highest BCUT2D eigenvalue weighted by Gasteiger charge is 1.96. The molecule has 0 saturated heterocycles. The molecule has 0 amide bonds. The summed E-state index contributed by atoms with van der Waals surface area (Å²) in [6.45, 7) is 4.18. The average Bonchev–Trinajstić information content (AvgIpc) is 2.24. The Morgan fingerprint density at radius 2 is 1.94 bits per heavy atom. The summed E-state index contributed by atoms with van der Waals surface area (Å²) in [5.41, 5.74) is 0. The molecular weight excluding hydrogens is 204 g/mol. The van der Waals surface area contributed by atoms with Crippen LogP contribution in [0.2, 0.25) is 0 Å². The van der Waals surface area contributed by atoms with Gasteiger partial charge >= 0.3 is 5.97 Å². The van der Waals surface area contributed by atoms with Crippen molar-refractivity contribution in [1.82, 2.24) is 0 Å². The van der Waals surface area contributed by atoms with Gasteiger partial charge in [0.15, 0.2) is 0 Å². The molecular formula is C13H22O3. The standard InChI is InChI=1S/C13H22O3/c1-3-4-5-8-11-16-13(15)10-7-6-9-12(2)14/h7,10H,3-6,8-9,11H2,1-2H3/b10-7+. The number of carbonyl (C=O) groups excluding carboxylic acids is 2. The Kier molecular flexibility index (Phi) is 9.67. The Morgan fingerprint density at radius 1 is 1.19 bits per heavy atom. The summed E-state index contributed by atoms with van der Waals surface area (Å²) in [4.78, 5) is 21.7. The molecule has 0 unspecified atom stereocenters. The van der Waals surface area contributed by atoms with Gasteiger partial charge in [-0.1, -0.05) is 32.3 Å². The fourth-order valence-corrected chi connectivity index (χ4v) is 1.22. The lowest BCUT2D eigenvalue weighted by Crippen LogP contribution is -2.02. The van der Waals surface area contributed by atoms with Crippen molar-refractivity contribution in [3.63, 3.8) is 0 Å². The number of rotatable bonds is 9. The maximum atomic E-state index is 11.1. The van der Waals surface area contributed by atoms with E-state index >= 15 is 0 Å². The van der Waals surface area contributed by atoms with Crippen LogP contribution in [-0.4, -0.2) is 18.4 Å². The molecule has 3 heteroatoms. The molecule has 0 aromatic heterocycles. The SMILES string of the molecule is CCCCCCOC(=O)/C=C/CCC(C)=O. The molecule has 0 rings (SSSR count). The normalized spacial score (nSPS) is 10.6. The van der Waals surface area contributed by atoms with Gasteiger partial charge in [-0.25, -0.2) is 4.79 Å². The van der Waals surface area contributed by atoms with E-state index in [9.17, 15) is 9.59 Å². The van der Waals surface area contributed by atoms with Crippen molar-refractivity contribution in [2.24, 2.45) is 0 Å². The van der Waals surface area contributed by atoms with Gasteiger partial charge in [-0.2, -0.15) is 0 Å². The second-order valence-electron chi connectivity index (χ2n) is 3.87. The van der Waals surface area contributed by atoms with Gasteiger partial charge in [-0.05, 0) is 19.8 Å². The molecule has 0 aliphatic carbocycles. The van der Waals surface area contributed by atoms with Crippen molar-refractivity contribution in [3.8, 4) is 0 Å². The van der Waals surface area contributed by atoms with E-state index in [1.807, 2.05) is 0 Å². The van der Waals surface area contributed by atoms with Gasteiger partial charge in [-0.3, -0.25) is 0 Å². The number of esters is 1. The Balaban J connectivity index is 3.40. The number of ketones is 1. The molecule has 16 heavy (non-hydrogen) atoms. The van der Waals surface area contributed by atoms with Gasteiger partial charge in [0.1, 0.15) is 5.78 Å². The van der Waals surface area contributed by atoms with Crippen LogP contribution in [0.5, 0.6) is 0 Å². The lowest BCUT2D eigenvalue weighted by atomic mass is 10.2. The summed E-state index contributed by atoms with van der Waals surface area (Å²) < 4.78 is 4.98. The quantitative estimate of drug-likeness (QED) is 0.345. The van der Waals surface area contributed by atoms with Gasteiger partial charge in [0.05, 0.1) is 6.61 Å². The Labute approximate surface area is 97.9 Å². The summed E-state index contributed by atoms with van der Waals surface area (Å²) in [6, 6.07) is 0. The van der Waals surface area contributed by atoms with Crippen molar-refractivity contribution >= 4 is 11.8 Å². The zero-order chi connectivity index (χ0) is 12.2. The molecule has 0 saturated carbocycles. The molecule has 0 aliphatic rings. The molecule has 92 valence electrons. The third-order valence-corrected chi connectivity index (χ3v) is 2.16. The average molecular weight is 226 g/mol. The summed E-state index contributed by atoms with van der Waals surface area (Å²) >= 11 is 0. The van der Waals surface area contributed by atoms with Gasteiger partial charge in [-0.15, -0.1) is 0 Å². The van der Waals surface area contributed by atoms with E-state index in [0.29, 0.717) is 19.4 Å². The van der Waals surface area contributed by atoms with Gasteiger partial charge in [0, 0.05) is 12.5 Å². The first-order valence-corrected chi connectivity index (χ1v) is 5.99. The highest BCUT2D eigenvalue weighted by Crippen LogP contribution is 1.99. The van der Waals surface area contributed by atoms with Crippen molar-refractivity contribution in [1.29, 1.82) is 0 Å². The van der Waals surface area contributed by atoms with E-state index in [1.165, 1.54) is 18.9 Å². The summed E-state index contributed by atoms with van der Waals surface area (Å²) in [7, 11) is 0. The monoisotopic (exact) mass is 226 g/mol. The number of ether oxygens (including phenoxy) is 1. The predicted octanol–water partition coefficient (Wildman–Crippen LogP) is 3.04. The fourth-order valence-electron chi connectivity index (χ4n) is 1.22.